The van der Waals surface area contributed by atoms with Crippen molar-refractivity contribution in [3.63, 3.8) is 0 Å². The Labute approximate surface area is 170 Å². The molecule has 0 saturated heterocycles. The Hall–Kier alpha value is -3.78. The number of hydrogen-bond acceptors (Lipinski definition) is 2. The number of fused-ring (bicyclic) bond motifs is 1. The van der Waals surface area contributed by atoms with Crippen LogP contribution in [0.2, 0.25) is 0 Å². The van der Waals surface area contributed by atoms with E-state index in [9.17, 15) is 0 Å². The molecule has 0 spiro atoms. The molecule has 138 valence electrons. The van der Waals surface area contributed by atoms with E-state index in [1.807, 2.05) is 18.2 Å². The molecule has 0 atom stereocenters. The molecule has 5 aromatic rings. The van der Waals surface area contributed by atoms with Crippen LogP contribution in [-0.4, -0.2) is 9.97 Å². The minimum atomic E-state index is 0.745. The highest BCUT2D eigenvalue weighted by atomic mass is 14.9. The lowest BCUT2D eigenvalue weighted by molar-refractivity contribution is 1.18. The van der Waals surface area contributed by atoms with Gasteiger partial charge < -0.3 is 0 Å². The molecule has 0 bridgehead atoms. The van der Waals surface area contributed by atoms with Crippen LogP contribution in [0.3, 0.4) is 0 Å². The summed E-state index contributed by atoms with van der Waals surface area (Å²) in [4.78, 5) is 9.81. The van der Waals surface area contributed by atoms with Gasteiger partial charge in [0, 0.05) is 16.7 Å². The smallest absolute Gasteiger partial charge is 0.160 e. The van der Waals surface area contributed by atoms with Crippen LogP contribution in [0.25, 0.3) is 44.7 Å². The summed E-state index contributed by atoms with van der Waals surface area (Å²) in [5.74, 6) is 0.745. The lowest BCUT2D eigenvalue weighted by atomic mass is 10.0. The SMILES string of the molecule is Cc1ccc(-c2nc(-c3ccccc3)cc(-c3ccc4ccccc4c3)n2)cc1. The second-order valence-corrected chi connectivity index (χ2v) is 7.26. The molecule has 0 fully saturated rings. The van der Waals surface area contributed by atoms with E-state index in [1.165, 1.54) is 16.3 Å². The van der Waals surface area contributed by atoms with Crippen LogP contribution in [0.4, 0.5) is 0 Å². The maximum Gasteiger partial charge on any atom is 0.160 e. The van der Waals surface area contributed by atoms with Crippen molar-refractivity contribution in [3.05, 3.63) is 109 Å². The third-order valence-electron chi connectivity index (χ3n) is 5.15. The fraction of sp³-hybridized carbons (Fsp3) is 0.0370. The Morgan fingerprint density at radius 1 is 0.483 bits per heavy atom. The highest BCUT2D eigenvalue weighted by Crippen LogP contribution is 2.29. The van der Waals surface area contributed by atoms with E-state index in [2.05, 4.69) is 91.9 Å². The van der Waals surface area contributed by atoms with Gasteiger partial charge in [0.25, 0.3) is 0 Å². The maximum atomic E-state index is 4.92. The van der Waals surface area contributed by atoms with Gasteiger partial charge >= 0.3 is 0 Å². The van der Waals surface area contributed by atoms with E-state index in [4.69, 9.17) is 9.97 Å². The lowest BCUT2D eigenvalue weighted by Gasteiger charge is -2.10. The van der Waals surface area contributed by atoms with E-state index in [0.717, 1.165) is 33.9 Å². The van der Waals surface area contributed by atoms with Crippen molar-refractivity contribution in [1.29, 1.82) is 0 Å². The first kappa shape index (κ1) is 17.3. The van der Waals surface area contributed by atoms with E-state index in [1.54, 1.807) is 0 Å². The average Bonchev–Trinajstić information content (AvgIpc) is 2.79. The monoisotopic (exact) mass is 372 g/mol. The Morgan fingerprint density at radius 3 is 1.86 bits per heavy atom. The van der Waals surface area contributed by atoms with E-state index in [0.29, 0.717) is 0 Å². The predicted molar refractivity (Wildman–Crippen MR) is 121 cm³/mol. The Bertz CT molecular complexity index is 1290. The molecule has 1 aromatic heterocycles. The minimum absolute atomic E-state index is 0.745. The Morgan fingerprint density at radius 2 is 1.10 bits per heavy atom. The fourth-order valence-corrected chi connectivity index (χ4v) is 3.53. The van der Waals surface area contributed by atoms with Gasteiger partial charge in [-0.3, -0.25) is 0 Å². The van der Waals surface area contributed by atoms with Crippen molar-refractivity contribution in [1.82, 2.24) is 9.97 Å². The summed E-state index contributed by atoms with van der Waals surface area (Å²) >= 11 is 0. The summed E-state index contributed by atoms with van der Waals surface area (Å²) in [5, 5.41) is 2.44. The van der Waals surface area contributed by atoms with Crippen LogP contribution in [0.15, 0.2) is 103 Å². The van der Waals surface area contributed by atoms with Gasteiger partial charge in [0.2, 0.25) is 0 Å². The van der Waals surface area contributed by atoms with Gasteiger partial charge in [-0.15, -0.1) is 0 Å². The summed E-state index contributed by atoms with van der Waals surface area (Å²) in [6.07, 6.45) is 0. The highest BCUT2D eigenvalue weighted by molar-refractivity contribution is 5.87. The molecule has 0 radical (unpaired) electrons. The summed E-state index contributed by atoms with van der Waals surface area (Å²) in [6.45, 7) is 2.09. The summed E-state index contributed by atoms with van der Waals surface area (Å²) < 4.78 is 0. The summed E-state index contributed by atoms with van der Waals surface area (Å²) in [7, 11) is 0. The topological polar surface area (TPSA) is 25.8 Å². The van der Waals surface area contributed by atoms with Crippen molar-refractivity contribution < 1.29 is 0 Å². The third kappa shape index (κ3) is 3.53. The first-order valence-corrected chi connectivity index (χ1v) is 9.77. The number of benzene rings is 4. The third-order valence-corrected chi connectivity index (χ3v) is 5.15. The van der Waals surface area contributed by atoms with Crippen molar-refractivity contribution in [2.24, 2.45) is 0 Å². The molecular weight excluding hydrogens is 352 g/mol. The number of rotatable bonds is 3. The Kier molecular flexibility index (Phi) is 4.38. The lowest BCUT2D eigenvalue weighted by Crippen LogP contribution is -1.96. The minimum Gasteiger partial charge on any atom is -0.228 e. The van der Waals surface area contributed by atoms with Crippen molar-refractivity contribution in [2.45, 2.75) is 6.92 Å². The zero-order chi connectivity index (χ0) is 19.6. The van der Waals surface area contributed by atoms with Gasteiger partial charge in [0.15, 0.2) is 5.82 Å². The predicted octanol–water partition coefficient (Wildman–Crippen LogP) is 6.94. The molecule has 0 aliphatic carbocycles. The molecule has 0 aliphatic heterocycles. The van der Waals surface area contributed by atoms with Gasteiger partial charge in [-0.25, -0.2) is 9.97 Å². The molecular formula is C27H20N2. The molecule has 0 unspecified atom stereocenters. The second-order valence-electron chi connectivity index (χ2n) is 7.26. The van der Waals surface area contributed by atoms with E-state index in [-0.39, 0.29) is 0 Å². The maximum absolute atomic E-state index is 4.92. The van der Waals surface area contributed by atoms with E-state index < -0.39 is 0 Å². The van der Waals surface area contributed by atoms with Crippen molar-refractivity contribution >= 4 is 10.8 Å². The molecule has 1 heterocycles. The molecule has 4 aromatic carbocycles. The Balaban J connectivity index is 1.71. The molecule has 5 rings (SSSR count). The largest absolute Gasteiger partial charge is 0.228 e. The molecule has 0 saturated carbocycles. The first-order chi connectivity index (χ1) is 14.3. The van der Waals surface area contributed by atoms with E-state index >= 15 is 0 Å². The van der Waals surface area contributed by atoms with Gasteiger partial charge in [-0.05, 0) is 29.8 Å². The van der Waals surface area contributed by atoms with Crippen molar-refractivity contribution in [2.75, 3.05) is 0 Å². The molecule has 2 heteroatoms. The van der Waals surface area contributed by atoms with Gasteiger partial charge in [0.05, 0.1) is 11.4 Å². The van der Waals surface area contributed by atoms with Crippen LogP contribution >= 0.6 is 0 Å². The summed E-state index contributed by atoms with van der Waals surface area (Å²) in [6, 6.07) is 35.6. The van der Waals surface area contributed by atoms with Gasteiger partial charge in [-0.2, -0.15) is 0 Å². The number of aryl methyl sites for hydroxylation is 1. The number of aromatic nitrogens is 2. The molecule has 0 amide bonds. The first-order valence-electron chi connectivity index (χ1n) is 9.77. The summed E-state index contributed by atoms with van der Waals surface area (Å²) in [5.41, 5.74) is 6.29. The average molecular weight is 372 g/mol. The molecule has 0 aliphatic rings. The molecule has 29 heavy (non-hydrogen) atoms. The molecule has 2 nitrogen and oxygen atoms in total. The van der Waals surface area contributed by atoms with Gasteiger partial charge in [0.1, 0.15) is 0 Å². The van der Waals surface area contributed by atoms with Gasteiger partial charge in [-0.1, -0.05) is 96.6 Å². The van der Waals surface area contributed by atoms with Crippen molar-refractivity contribution in [3.8, 4) is 33.9 Å². The highest BCUT2D eigenvalue weighted by Gasteiger charge is 2.11. The quantitative estimate of drug-likeness (QED) is 0.343. The zero-order valence-electron chi connectivity index (χ0n) is 16.2. The van der Waals surface area contributed by atoms with Crippen LogP contribution in [0, 0.1) is 6.92 Å². The van der Waals surface area contributed by atoms with Crippen LogP contribution in [0.1, 0.15) is 5.56 Å². The number of hydrogen-bond donors (Lipinski definition) is 0. The number of nitrogens with zero attached hydrogens (tertiary/aromatic N) is 2. The molecule has 0 N–H and O–H groups in total. The second kappa shape index (κ2) is 7.33. The van der Waals surface area contributed by atoms with Crippen LogP contribution in [-0.2, 0) is 0 Å². The van der Waals surface area contributed by atoms with Crippen LogP contribution in [0.5, 0.6) is 0 Å². The fourth-order valence-electron chi connectivity index (χ4n) is 3.53. The normalized spacial score (nSPS) is 10.9. The van der Waals surface area contributed by atoms with Crippen LogP contribution < -0.4 is 0 Å². The standard InChI is InChI=1S/C27H20N2/c1-19-11-13-22(14-12-19)27-28-25(21-8-3-2-4-9-21)18-26(29-27)24-16-15-20-7-5-6-10-23(20)17-24/h2-18H,1H3. The zero-order valence-corrected chi connectivity index (χ0v) is 16.2.